The van der Waals surface area contributed by atoms with E-state index < -0.39 is 10.4 Å². The van der Waals surface area contributed by atoms with Gasteiger partial charge in [-0.3, -0.25) is 0 Å². The van der Waals surface area contributed by atoms with Crippen LogP contribution in [0.1, 0.15) is 0 Å². The lowest BCUT2D eigenvalue weighted by molar-refractivity contribution is 0.372. The highest BCUT2D eigenvalue weighted by Crippen LogP contribution is 2.23. The van der Waals surface area contributed by atoms with E-state index in [1.54, 1.807) is 6.07 Å². The van der Waals surface area contributed by atoms with E-state index in [4.69, 9.17) is 11.6 Å². The zero-order valence-corrected chi connectivity index (χ0v) is 7.30. The van der Waals surface area contributed by atoms with Gasteiger partial charge in [-0.15, -0.1) is 0 Å². The van der Waals surface area contributed by atoms with E-state index >= 15 is 0 Å². The van der Waals surface area contributed by atoms with Gasteiger partial charge in [0, 0.05) is 0 Å². The first kappa shape index (κ1) is 9.31. The third kappa shape index (κ3) is 2.69. The molecule has 66 valence electrons. The van der Waals surface area contributed by atoms with Crippen LogP contribution in [0.5, 0.6) is 5.75 Å². The molecule has 0 N–H and O–H groups in total. The lowest BCUT2D eigenvalue weighted by atomic mass is 10.3. The average Bonchev–Trinajstić information content (AvgIpc) is 1.91. The molecule has 0 aliphatic heterocycles. The topological polar surface area (TPSA) is 66.4 Å². The molecular formula is C6H4ClO4S-. The minimum Gasteiger partial charge on any atom is -0.716 e. The number of hydrogen-bond donors (Lipinski definition) is 0. The minimum absolute atomic E-state index is 0.0805. The summed E-state index contributed by atoms with van der Waals surface area (Å²) in [6.45, 7) is 0. The Balaban J connectivity index is 2.98. The molecule has 1 rings (SSSR count). The number of halogens is 1. The third-order valence-electron chi connectivity index (χ3n) is 1.03. The monoisotopic (exact) mass is 207 g/mol. The van der Waals surface area contributed by atoms with E-state index in [2.05, 4.69) is 4.18 Å². The number of benzene rings is 1. The number of rotatable bonds is 2. The summed E-state index contributed by atoms with van der Waals surface area (Å²) in [7, 11) is -4.73. The molecule has 0 radical (unpaired) electrons. The van der Waals surface area contributed by atoms with Gasteiger partial charge in [-0.1, -0.05) is 23.7 Å². The van der Waals surface area contributed by atoms with E-state index in [-0.39, 0.29) is 10.8 Å². The Morgan fingerprint density at radius 1 is 1.33 bits per heavy atom. The van der Waals surface area contributed by atoms with Gasteiger partial charge in [0.2, 0.25) is 0 Å². The van der Waals surface area contributed by atoms with Crippen LogP contribution in [0.15, 0.2) is 24.3 Å². The molecule has 0 atom stereocenters. The molecule has 1 aromatic rings. The van der Waals surface area contributed by atoms with Crippen LogP contribution in [0.25, 0.3) is 0 Å². The molecule has 0 bridgehead atoms. The van der Waals surface area contributed by atoms with Gasteiger partial charge in [0.25, 0.3) is 10.4 Å². The smallest absolute Gasteiger partial charge is 0.262 e. The summed E-state index contributed by atoms with van der Waals surface area (Å²) >= 11 is 5.50. The molecule has 0 saturated carbocycles. The van der Waals surface area contributed by atoms with Crippen LogP contribution >= 0.6 is 11.6 Å². The van der Waals surface area contributed by atoms with Crippen molar-refractivity contribution in [2.75, 3.05) is 0 Å². The van der Waals surface area contributed by atoms with Crippen molar-refractivity contribution in [2.45, 2.75) is 0 Å². The average molecular weight is 208 g/mol. The first-order valence-corrected chi connectivity index (χ1v) is 4.60. The second kappa shape index (κ2) is 3.30. The maximum atomic E-state index is 10.1. The van der Waals surface area contributed by atoms with Crippen molar-refractivity contribution in [1.29, 1.82) is 0 Å². The summed E-state index contributed by atoms with van der Waals surface area (Å²) in [5, 5.41) is 0.0805. The summed E-state index contributed by atoms with van der Waals surface area (Å²) in [4.78, 5) is 0. The van der Waals surface area contributed by atoms with E-state index in [1.165, 1.54) is 18.2 Å². The molecule has 0 amide bonds. The molecule has 1 aromatic carbocycles. The van der Waals surface area contributed by atoms with Gasteiger partial charge in [-0.25, -0.2) is 8.42 Å². The Kier molecular flexibility index (Phi) is 2.56. The molecule has 0 saturated heterocycles. The SMILES string of the molecule is O=S(=O)([O-])Oc1ccccc1Cl. The zero-order chi connectivity index (χ0) is 9.19. The highest BCUT2D eigenvalue weighted by atomic mass is 35.5. The summed E-state index contributed by atoms with van der Waals surface area (Å²) in [6.07, 6.45) is 0. The van der Waals surface area contributed by atoms with E-state index in [0.29, 0.717) is 0 Å². The van der Waals surface area contributed by atoms with Crippen LogP contribution in [0.4, 0.5) is 0 Å². The fourth-order valence-corrected chi connectivity index (χ4v) is 1.21. The van der Waals surface area contributed by atoms with Gasteiger partial charge in [0.1, 0.15) is 0 Å². The van der Waals surface area contributed by atoms with Crippen molar-refractivity contribution in [3.8, 4) is 5.75 Å². The quantitative estimate of drug-likeness (QED) is 0.540. The van der Waals surface area contributed by atoms with Crippen LogP contribution in [0.3, 0.4) is 0 Å². The van der Waals surface area contributed by atoms with Gasteiger partial charge in [0.15, 0.2) is 5.75 Å². The standard InChI is InChI=1S/C6H5ClO4S/c7-5-3-1-2-4-6(5)11-12(8,9)10/h1-4H,(H,8,9,10)/p-1. The largest absolute Gasteiger partial charge is 0.716 e. The Hall–Kier alpha value is -0.780. The van der Waals surface area contributed by atoms with Crippen molar-refractivity contribution in [2.24, 2.45) is 0 Å². The highest BCUT2D eigenvalue weighted by molar-refractivity contribution is 7.81. The number of para-hydroxylation sites is 1. The second-order valence-corrected chi connectivity index (χ2v) is 3.31. The summed E-state index contributed by atoms with van der Waals surface area (Å²) < 4.78 is 34.4. The molecule has 0 aliphatic carbocycles. The summed E-state index contributed by atoms with van der Waals surface area (Å²) in [5.41, 5.74) is 0. The Morgan fingerprint density at radius 2 is 1.92 bits per heavy atom. The predicted molar refractivity (Wildman–Crippen MR) is 41.8 cm³/mol. The van der Waals surface area contributed by atoms with Crippen LogP contribution in [0, 0.1) is 0 Å². The van der Waals surface area contributed by atoms with Crippen LogP contribution in [0.2, 0.25) is 5.02 Å². The van der Waals surface area contributed by atoms with Crippen molar-refractivity contribution >= 4 is 22.0 Å². The molecule has 6 heteroatoms. The summed E-state index contributed by atoms with van der Waals surface area (Å²) in [5.74, 6) is -0.158. The van der Waals surface area contributed by atoms with E-state index in [1.807, 2.05) is 0 Å². The van der Waals surface area contributed by atoms with Crippen molar-refractivity contribution in [1.82, 2.24) is 0 Å². The number of hydrogen-bond acceptors (Lipinski definition) is 4. The van der Waals surface area contributed by atoms with Crippen molar-refractivity contribution in [3.05, 3.63) is 29.3 Å². The maximum absolute atomic E-state index is 10.1. The third-order valence-corrected chi connectivity index (χ3v) is 1.72. The molecule has 0 fully saturated rings. The Bertz CT molecular complexity index is 373. The molecule has 0 heterocycles. The fraction of sp³-hybridized carbons (Fsp3) is 0. The molecular weight excluding hydrogens is 204 g/mol. The van der Waals surface area contributed by atoms with Crippen LogP contribution in [-0.2, 0) is 10.4 Å². The molecule has 0 aromatic heterocycles. The molecule has 0 aliphatic rings. The van der Waals surface area contributed by atoms with E-state index in [0.717, 1.165) is 0 Å². The van der Waals surface area contributed by atoms with Crippen LogP contribution < -0.4 is 4.18 Å². The predicted octanol–water partition coefficient (Wildman–Crippen LogP) is 1.18. The van der Waals surface area contributed by atoms with Gasteiger partial charge in [-0.05, 0) is 12.1 Å². The minimum atomic E-state index is -4.73. The first-order valence-electron chi connectivity index (χ1n) is 2.89. The van der Waals surface area contributed by atoms with Crippen molar-refractivity contribution in [3.63, 3.8) is 0 Å². The van der Waals surface area contributed by atoms with Gasteiger partial charge in [-0.2, -0.15) is 0 Å². The molecule has 12 heavy (non-hydrogen) atoms. The molecule has 0 unspecified atom stereocenters. The highest BCUT2D eigenvalue weighted by Gasteiger charge is 2.02. The Labute approximate surface area is 74.7 Å². The van der Waals surface area contributed by atoms with Gasteiger partial charge >= 0.3 is 0 Å². The molecule has 4 nitrogen and oxygen atoms in total. The lowest BCUT2D eigenvalue weighted by Gasteiger charge is -2.09. The first-order chi connectivity index (χ1) is 5.49. The van der Waals surface area contributed by atoms with Crippen LogP contribution in [-0.4, -0.2) is 13.0 Å². The van der Waals surface area contributed by atoms with Crippen molar-refractivity contribution < 1.29 is 17.2 Å². The second-order valence-electron chi connectivity index (χ2n) is 1.92. The normalized spacial score (nSPS) is 11.2. The van der Waals surface area contributed by atoms with E-state index in [9.17, 15) is 13.0 Å². The summed E-state index contributed by atoms with van der Waals surface area (Å²) in [6, 6.07) is 5.80. The fourth-order valence-electron chi connectivity index (χ4n) is 0.622. The molecule has 0 spiro atoms. The zero-order valence-electron chi connectivity index (χ0n) is 5.73. The Morgan fingerprint density at radius 3 is 2.42 bits per heavy atom. The van der Waals surface area contributed by atoms with Gasteiger partial charge < -0.3 is 8.74 Å². The lowest BCUT2D eigenvalue weighted by Crippen LogP contribution is -2.07. The van der Waals surface area contributed by atoms with Gasteiger partial charge in [0.05, 0.1) is 5.02 Å². The maximum Gasteiger partial charge on any atom is 0.262 e.